The van der Waals surface area contributed by atoms with Crippen molar-refractivity contribution in [1.29, 1.82) is 0 Å². The van der Waals surface area contributed by atoms with Crippen LogP contribution in [0.5, 0.6) is 0 Å². The van der Waals surface area contributed by atoms with Crippen LogP contribution >= 0.6 is 0 Å². The molecule has 1 aliphatic rings. The predicted octanol–water partition coefficient (Wildman–Crippen LogP) is 2.76. The molecule has 2 heterocycles. The van der Waals surface area contributed by atoms with Crippen molar-refractivity contribution in [2.24, 2.45) is 0 Å². The van der Waals surface area contributed by atoms with Crippen molar-refractivity contribution in [2.45, 2.75) is 31.8 Å². The van der Waals surface area contributed by atoms with Crippen molar-refractivity contribution in [3.63, 3.8) is 0 Å². The topological polar surface area (TPSA) is 81.3 Å². The lowest BCUT2D eigenvalue weighted by molar-refractivity contribution is 0.0763. The number of ether oxygens (including phenoxy) is 1. The van der Waals surface area contributed by atoms with Gasteiger partial charge in [0.15, 0.2) is 5.82 Å². The highest BCUT2D eigenvalue weighted by molar-refractivity contribution is 5.94. The summed E-state index contributed by atoms with van der Waals surface area (Å²) in [7, 11) is 1.84. The Morgan fingerprint density at radius 1 is 1.32 bits per heavy atom. The number of nitrogens with zero attached hydrogens (tertiary/aromatic N) is 3. The third-order valence-corrected chi connectivity index (χ3v) is 4.46. The van der Waals surface area contributed by atoms with Crippen LogP contribution in [0.25, 0.3) is 11.4 Å². The number of nitrogens with two attached hydrogens (primary N) is 1. The summed E-state index contributed by atoms with van der Waals surface area (Å²) in [6, 6.07) is 8.96. The number of hydrogen-bond acceptors (Lipinski definition) is 5. The maximum Gasteiger partial charge on any atom is 0.253 e. The minimum Gasteiger partial charge on any atom is -0.384 e. The second-order valence-electron chi connectivity index (χ2n) is 6.39. The normalized spacial score (nSPS) is 16.8. The molecular formula is C19H24N4O2. The van der Waals surface area contributed by atoms with Gasteiger partial charge in [-0.1, -0.05) is 12.1 Å². The maximum atomic E-state index is 12.5. The van der Waals surface area contributed by atoms with Gasteiger partial charge in [-0.2, -0.15) is 0 Å². The molecule has 2 N–H and O–H groups in total. The summed E-state index contributed by atoms with van der Waals surface area (Å²) in [5.74, 6) is 1.01. The van der Waals surface area contributed by atoms with Crippen molar-refractivity contribution in [3.05, 3.63) is 42.1 Å². The largest absolute Gasteiger partial charge is 0.384 e. The van der Waals surface area contributed by atoms with E-state index in [1.54, 1.807) is 29.3 Å². The summed E-state index contributed by atoms with van der Waals surface area (Å²) < 4.78 is 5.62. The van der Waals surface area contributed by atoms with E-state index < -0.39 is 0 Å². The maximum absolute atomic E-state index is 12.5. The fraction of sp³-hybridized carbons (Fsp3) is 0.421. The Bertz CT molecular complexity index is 712. The fourth-order valence-electron chi connectivity index (χ4n) is 3.02. The lowest BCUT2D eigenvalue weighted by atomic mass is 10.1. The Hall–Kier alpha value is -2.47. The highest BCUT2D eigenvalue weighted by atomic mass is 16.5. The predicted molar refractivity (Wildman–Crippen MR) is 97.0 cm³/mol. The van der Waals surface area contributed by atoms with Crippen LogP contribution in [0, 0.1) is 0 Å². The van der Waals surface area contributed by atoms with Gasteiger partial charge in [0.25, 0.3) is 5.91 Å². The number of nitrogen functional groups attached to an aromatic ring is 1. The molecule has 1 amide bonds. The van der Waals surface area contributed by atoms with Crippen LogP contribution in [-0.2, 0) is 4.74 Å². The molecule has 132 valence electrons. The summed E-state index contributed by atoms with van der Waals surface area (Å²) in [5.41, 5.74) is 7.18. The first-order valence-electron chi connectivity index (χ1n) is 8.69. The van der Waals surface area contributed by atoms with Crippen molar-refractivity contribution >= 4 is 11.7 Å². The Morgan fingerprint density at radius 2 is 2.12 bits per heavy atom. The van der Waals surface area contributed by atoms with E-state index in [0.29, 0.717) is 23.3 Å². The molecule has 6 heteroatoms. The number of rotatable bonds is 6. The molecular weight excluding hydrogens is 316 g/mol. The third kappa shape index (κ3) is 4.54. The highest BCUT2D eigenvalue weighted by Gasteiger charge is 2.16. The van der Waals surface area contributed by atoms with E-state index in [1.807, 2.05) is 19.2 Å². The zero-order valence-corrected chi connectivity index (χ0v) is 14.5. The van der Waals surface area contributed by atoms with Crippen LogP contribution in [-0.4, -0.2) is 47.1 Å². The van der Waals surface area contributed by atoms with E-state index >= 15 is 0 Å². The van der Waals surface area contributed by atoms with Crippen LogP contribution < -0.4 is 5.73 Å². The number of anilines is 1. The van der Waals surface area contributed by atoms with Crippen molar-refractivity contribution in [1.82, 2.24) is 14.9 Å². The van der Waals surface area contributed by atoms with Gasteiger partial charge >= 0.3 is 0 Å². The number of amides is 1. The zero-order valence-electron chi connectivity index (χ0n) is 14.5. The first kappa shape index (κ1) is 17.4. The van der Waals surface area contributed by atoms with Gasteiger partial charge in [-0.15, -0.1) is 0 Å². The number of carbonyl (C=O) groups is 1. The van der Waals surface area contributed by atoms with E-state index in [4.69, 9.17) is 10.5 Å². The van der Waals surface area contributed by atoms with Gasteiger partial charge in [0.1, 0.15) is 5.82 Å². The van der Waals surface area contributed by atoms with Crippen LogP contribution in [0.2, 0.25) is 0 Å². The molecule has 0 spiro atoms. The number of carbonyl (C=O) groups excluding carboxylic acids is 1. The number of benzene rings is 1. The lowest BCUT2D eigenvalue weighted by Gasteiger charge is -2.18. The SMILES string of the molecule is CN(CCC[C@@H]1CCCO1)C(=O)c1ccc(-c2nccc(N)n2)cc1. The first-order chi connectivity index (χ1) is 12.1. The second-order valence-corrected chi connectivity index (χ2v) is 6.39. The molecule has 2 aromatic rings. The van der Waals surface area contributed by atoms with E-state index in [1.165, 1.54) is 0 Å². The molecule has 1 aliphatic heterocycles. The van der Waals surface area contributed by atoms with E-state index in [-0.39, 0.29) is 5.91 Å². The van der Waals surface area contributed by atoms with Gasteiger partial charge in [-0.05, 0) is 43.9 Å². The van der Waals surface area contributed by atoms with Gasteiger partial charge in [-0.25, -0.2) is 9.97 Å². The van der Waals surface area contributed by atoms with Crippen molar-refractivity contribution < 1.29 is 9.53 Å². The summed E-state index contributed by atoms with van der Waals surface area (Å²) >= 11 is 0. The second kappa shape index (κ2) is 8.07. The van der Waals surface area contributed by atoms with Gasteiger partial charge < -0.3 is 15.4 Å². The van der Waals surface area contributed by atoms with Crippen LogP contribution in [0.3, 0.4) is 0 Å². The molecule has 0 aliphatic carbocycles. The Balaban J connectivity index is 1.56. The molecule has 0 saturated carbocycles. The average Bonchev–Trinajstić information content (AvgIpc) is 3.14. The Kier molecular flexibility index (Phi) is 5.60. The molecule has 1 atom stereocenters. The zero-order chi connectivity index (χ0) is 17.6. The van der Waals surface area contributed by atoms with Crippen LogP contribution in [0.1, 0.15) is 36.0 Å². The number of aromatic nitrogens is 2. The summed E-state index contributed by atoms with van der Waals surface area (Å²) in [6.07, 6.45) is 6.28. The van der Waals surface area contributed by atoms with Crippen LogP contribution in [0.15, 0.2) is 36.5 Å². The fourth-order valence-corrected chi connectivity index (χ4v) is 3.02. The minimum absolute atomic E-state index is 0.0207. The first-order valence-corrected chi connectivity index (χ1v) is 8.69. The highest BCUT2D eigenvalue weighted by Crippen LogP contribution is 2.18. The standard InChI is InChI=1S/C19H24N4O2/c1-23(12-2-4-16-5-3-13-25-16)19(24)15-8-6-14(7-9-15)18-21-11-10-17(20)22-18/h6-11,16H,2-5,12-13H2,1H3,(H2,20,21,22)/t16-/m1/s1. The minimum atomic E-state index is 0.0207. The summed E-state index contributed by atoms with van der Waals surface area (Å²) in [4.78, 5) is 22.7. The third-order valence-electron chi connectivity index (χ3n) is 4.46. The Morgan fingerprint density at radius 3 is 2.80 bits per heavy atom. The smallest absolute Gasteiger partial charge is 0.253 e. The molecule has 0 radical (unpaired) electrons. The molecule has 6 nitrogen and oxygen atoms in total. The monoisotopic (exact) mass is 340 g/mol. The lowest BCUT2D eigenvalue weighted by Crippen LogP contribution is -2.28. The van der Waals surface area contributed by atoms with E-state index in [2.05, 4.69) is 9.97 Å². The van der Waals surface area contributed by atoms with Crippen molar-refractivity contribution in [2.75, 3.05) is 25.9 Å². The van der Waals surface area contributed by atoms with Gasteiger partial charge in [-0.3, -0.25) is 4.79 Å². The van der Waals surface area contributed by atoms with Gasteiger partial charge in [0.05, 0.1) is 6.10 Å². The molecule has 0 unspecified atom stereocenters. The number of hydrogen-bond donors (Lipinski definition) is 1. The Labute approximate surface area is 148 Å². The molecule has 1 fully saturated rings. The summed E-state index contributed by atoms with van der Waals surface area (Å²) in [5, 5.41) is 0. The van der Waals surface area contributed by atoms with E-state index in [9.17, 15) is 4.79 Å². The molecule has 1 aromatic heterocycles. The quantitative estimate of drug-likeness (QED) is 0.874. The molecule has 0 bridgehead atoms. The molecule has 1 saturated heterocycles. The van der Waals surface area contributed by atoms with E-state index in [0.717, 1.165) is 44.4 Å². The molecule has 25 heavy (non-hydrogen) atoms. The molecule has 1 aromatic carbocycles. The van der Waals surface area contributed by atoms with Crippen LogP contribution in [0.4, 0.5) is 5.82 Å². The van der Waals surface area contributed by atoms with Crippen molar-refractivity contribution in [3.8, 4) is 11.4 Å². The van der Waals surface area contributed by atoms with Gasteiger partial charge in [0, 0.05) is 37.5 Å². The molecule has 3 rings (SSSR count). The summed E-state index contributed by atoms with van der Waals surface area (Å²) in [6.45, 7) is 1.61. The average molecular weight is 340 g/mol. The van der Waals surface area contributed by atoms with Gasteiger partial charge in [0.2, 0.25) is 0 Å².